The zero-order valence-corrected chi connectivity index (χ0v) is 11.5. The van der Waals surface area contributed by atoms with E-state index in [2.05, 4.69) is 0 Å². The van der Waals surface area contributed by atoms with Gasteiger partial charge in [0.1, 0.15) is 6.10 Å². The zero-order valence-electron chi connectivity index (χ0n) is 11.5. The molecule has 1 aliphatic heterocycles. The highest BCUT2D eigenvalue weighted by atomic mass is 16.6. The smallest absolute Gasteiger partial charge is 0.309 e. The summed E-state index contributed by atoms with van der Waals surface area (Å²) in [5.41, 5.74) is 1.76. The second kappa shape index (κ2) is 5.88. The van der Waals surface area contributed by atoms with Crippen LogP contribution in [0.4, 0.5) is 0 Å². The number of hydrogen-bond donors (Lipinski definition) is 2. The zero-order chi connectivity index (χ0) is 14.0. The summed E-state index contributed by atoms with van der Waals surface area (Å²) in [6.45, 7) is 3.75. The molecule has 106 valence electrons. The van der Waals surface area contributed by atoms with Gasteiger partial charge in [-0.05, 0) is 43.4 Å². The third-order valence-corrected chi connectivity index (χ3v) is 4.27. The molecule has 2 aliphatic rings. The molecule has 0 amide bonds. The molecule has 0 bridgehead atoms. The summed E-state index contributed by atoms with van der Waals surface area (Å²) in [7, 11) is 0. The summed E-state index contributed by atoms with van der Waals surface area (Å²) in [6, 6.07) is 0. The minimum Gasteiger partial charge on any atom is -0.458 e. The predicted octanol–water partition coefficient (Wildman–Crippen LogP) is 1.57. The van der Waals surface area contributed by atoms with E-state index in [0.717, 1.165) is 24.0 Å². The largest absolute Gasteiger partial charge is 0.458 e. The SMILES string of the molecule is CC1=CC2OC(=O)C(C)C2CCC(CO)=CCC1O. The van der Waals surface area contributed by atoms with Gasteiger partial charge in [0.05, 0.1) is 18.6 Å². The fourth-order valence-corrected chi connectivity index (χ4v) is 2.79. The molecule has 0 radical (unpaired) electrons. The van der Waals surface area contributed by atoms with E-state index in [4.69, 9.17) is 4.74 Å². The van der Waals surface area contributed by atoms with Crippen molar-refractivity contribution in [3.63, 3.8) is 0 Å². The Morgan fingerprint density at radius 2 is 2.21 bits per heavy atom. The van der Waals surface area contributed by atoms with Crippen LogP contribution >= 0.6 is 0 Å². The average Bonchev–Trinajstić information content (AvgIpc) is 2.65. The molecule has 0 spiro atoms. The molecular formula is C15H22O4. The van der Waals surface area contributed by atoms with Crippen molar-refractivity contribution in [3.05, 3.63) is 23.3 Å². The quantitative estimate of drug-likeness (QED) is 0.558. The number of esters is 1. The average molecular weight is 266 g/mol. The molecule has 0 aromatic carbocycles. The van der Waals surface area contributed by atoms with Gasteiger partial charge in [-0.3, -0.25) is 4.79 Å². The minimum atomic E-state index is -0.574. The van der Waals surface area contributed by atoms with Crippen molar-refractivity contribution in [2.45, 2.75) is 45.3 Å². The molecule has 2 rings (SSSR count). The maximum Gasteiger partial charge on any atom is 0.309 e. The molecule has 4 atom stereocenters. The molecule has 1 fully saturated rings. The van der Waals surface area contributed by atoms with Gasteiger partial charge < -0.3 is 14.9 Å². The first kappa shape index (κ1) is 14.3. The van der Waals surface area contributed by atoms with Crippen molar-refractivity contribution in [1.29, 1.82) is 0 Å². The monoisotopic (exact) mass is 266 g/mol. The van der Waals surface area contributed by atoms with Crippen LogP contribution in [0.5, 0.6) is 0 Å². The van der Waals surface area contributed by atoms with E-state index >= 15 is 0 Å². The summed E-state index contributed by atoms with van der Waals surface area (Å²) in [6.07, 6.45) is 5.05. The van der Waals surface area contributed by atoms with Crippen LogP contribution in [0.2, 0.25) is 0 Å². The maximum atomic E-state index is 11.7. The van der Waals surface area contributed by atoms with Gasteiger partial charge >= 0.3 is 5.97 Å². The molecule has 0 saturated carbocycles. The summed E-state index contributed by atoms with van der Waals surface area (Å²) >= 11 is 0. The Balaban J connectivity index is 2.26. The lowest BCUT2D eigenvalue weighted by Crippen LogP contribution is -2.21. The van der Waals surface area contributed by atoms with Gasteiger partial charge in [0, 0.05) is 5.92 Å². The number of rotatable bonds is 1. The highest BCUT2D eigenvalue weighted by Gasteiger charge is 2.40. The molecule has 0 aromatic rings. The van der Waals surface area contributed by atoms with E-state index < -0.39 is 6.10 Å². The van der Waals surface area contributed by atoms with Crippen LogP contribution in [0.1, 0.15) is 33.1 Å². The van der Waals surface area contributed by atoms with Gasteiger partial charge in [-0.15, -0.1) is 0 Å². The van der Waals surface area contributed by atoms with Crippen LogP contribution in [0.15, 0.2) is 23.3 Å². The lowest BCUT2D eigenvalue weighted by molar-refractivity contribution is -0.142. The molecule has 1 aliphatic carbocycles. The van der Waals surface area contributed by atoms with Crippen molar-refractivity contribution >= 4 is 5.97 Å². The first-order valence-corrected chi connectivity index (χ1v) is 6.88. The highest BCUT2D eigenvalue weighted by molar-refractivity contribution is 5.75. The Hall–Kier alpha value is -1.13. The van der Waals surface area contributed by atoms with Crippen molar-refractivity contribution in [1.82, 2.24) is 0 Å². The Kier molecular flexibility index (Phi) is 4.42. The molecule has 1 saturated heterocycles. The van der Waals surface area contributed by atoms with Gasteiger partial charge in [-0.2, -0.15) is 0 Å². The Bertz CT molecular complexity index is 410. The fourth-order valence-electron chi connectivity index (χ4n) is 2.79. The standard InChI is InChI=1S/C15H22O4/c1-9-7-14-12(10(2)15(18)19-14)5-3-11(8-16)4-6-13(9)17/h4,7,10,12-14,16-17H,3,5-6,8H2,1-2H3. The van der Waals surface area contributed by atoms with E-state index in [1.807, 2.05) is 26.0 Å². The molecule has 0 aromatic heterocycles. The Morgan fingerprint density at radius 3 is 2.89 bits per heavy atom. The first-order chi connectivity index (χ1) is 9.02. The van der Waals surface area contributed by atoms with E-state index in [1.54, 1.807) is 0 Å². The van der Waals surface area contributed by atoms with Gasteiger partial charge in [-0.1, -0.05) is 13.0 Å². The molecule has 4 nitrogen and oxygen atoms in total. The van der Waals surface area contributed by atoms with Crippen LogP contribution < -0.4 is 0 Å². The van der Waals surface area contributed by atoms with E-state index in [-0.39, 0.29) is 30.5 Å². The third-order valence-electron chi connectivity index (χ3n) is 4.27. The molecule has 4 heteroatoms. The molecule has 19 heavy (non-hydrogen) atoms. The highest BCUT2D eigenvalue weighted by Crippen LogP contribution is 2.35. The predicted molar refractivity (Wildman–Crippen MR) is 71.3 cm³/mol. The topological polar surface area (TPSA) is 66.8 Å². The summed E-state index contributed by atoms with van der Waals surface area (Å²) in [4.78, 5) is 11.7. The van der Waals surface area contributed by atoms with Crippen LogP contribution in [0.3, 0.4) is 0 Å². The molecule has 1 heterocycles. The van der Waals surface area contributed by atoms with Crippen LogP contribution in [0, 0.1) is 11.8 Å². The number of aliphatic hydroxyl groups is 2. The number of carbonyl (C=O) groups excluding carboxylic acids is 1. The molecule has 2 N–H and O–H groups in total. The normalized spacial score (nSPS) is 36.1. The Labute approximate surface area is 113 Å². The molecule has 4 unspecified atom stereocenters. The second-order valence-electron chi connectivity index (χ2n) is 5.58. The lowest BCUT2D eigenvalue weighted by Gasteiger charge is -2.21. The van der Waals surface area contributed by atoms with Crippen LogP contribution in [-0.2, 0) is 9.53 Å². The van der Waals surface area contributed by atoms with E-state index in [9.17, 15) is 15.0 Å². The van der Waals surface area contributed by atoms with Crippen molar-refractivity contribution < 1.29 is 19.7 Å². The first-order valence-electron chi connectivity index (χ1n) is 6.88. The van der Waals surface area contributed by atoms with Gasteiger partial charge in [-0.25, -0.2) is 0 Å². The Morgan fingerprint density at radius 1 is 1.47 bits per heavy atom. The maximum absolute atomic E-state index is 11.7. The van der Waals surface area contributed by atoms with Crippen molar-refractivity contribution in [2.24, 2.45) is 11.8 Å². The van der Waals surface area contributed by atoms with Gasteiger partial charge in [0.2, 0.25) is 0 Å². The van der Waals surface area contributed by atoms with Gasteiger partial charge in [0.15, 0.2) is 0 Å². The van der Waals surface area contributed by atoms with Crippen molar-refractivity contribution in [3.8, 4) is 0 Å². The van der Waals surface area contributed by atoms with Crippen LogP contribution in [-0.4, -0.2) is 35.0 Å². The van der Waals surface area contributed by atoms with E-state index in [0.29, 0.717) is 6.42 Å². The third kappa shape index (κ3) is 3.07. The number of ether oxygens (including phenoxy) is 1. The number of aliphatic hydroxyl groups excluding tert-OH is 2. The number of carbonyl (C=O) groups is 1. The lowest BCUT2D eigenvalue weighted by atomic mass is 9.84. The number of fused-ring (bicyclic) bond motifs is 1. The minimum absolute atomic E-state index is 0.00997. The number of hydrogen-bond acceptors (Lipinski definition) is 4. The molecular weight excluding hydrogens is 244 g/mol. The summed E-state index contributed by atoms with van der Waals surface area (Å²) < 4.78 is 5.39. The second-order valence-corrected chi connectivity index (χ2v) is 5.58. The van der Waals surface area contributed by atoms with Crippen molar-refractivity contribution in [2.75, 3.05) is 6.61 Å². The summed E-state index contributed by atoms with van der Waals surface area (Å²) in [5.74, 6) is -0.157. The van der Waals surface area contributed by atoms with Crippen LogP contribution in [0.25, 0.3) is 0 Å². The fraction of sp³-hybridized carbons (Fsp3) is 0.667. The van der Waals surface area contributed by atoms with E-state index in [1.165, 1.54) is 0 Å². The summed E-state index contributed by atoms with van der Waals surface area (Å²) in [5, 5.41) is 19.3. The van der Waals surface area contributed by atoms with Gasteiger partial charge in [0.25, 0.3) is 0 Å².